The molecule has 1 unspecified atom stereocenters. The lowest BCUT2D eigenvalue weighted by Crippen LogP contribution is -2.18. The Morgan fingerprint density at radius 3 is 2.84 bits per heavy atom. The molecule has 1 N–H and O–H groups in total. The lowest BCUT2D eigenvalue weighted by molar-refractivity contribution is 0.401. The van der Waals surface area contributed by atoms with Crippen LogP contribution >= 0.6 is 0 Å². The maximum absolute atomic E-state index is 5.45. The third kappa shape index (κ3) is 3.55. The molecule has 0 saturated heterocycles. The minimum absolute atomic E-state index is 0.232. The molecule has 0 amide bonds. The summed E-state index contributed by atoms with van der Waals surface area (Å²) >= 11 is 0. The summed E-state index contributed by atoms with van der Waals surface area (Å²) in [6, 6.07) is 10.6. The maximum atomic E-state index is 5.45. The second-order valence-electron chi connectivity index (χ2n) is 4.71. The minimum Gasteiger partial charge on any atom is -0.496 e. The molecule has 0 aliphatic rings. The molecule has 1 aromatic heterocycles. The molecule has 0 spiro atoms. The van der Waals surface area contributed by atoms with Crippen molar-refractivity contribution in [1.82, 2.24) is 10.3 Å². The van der Waals surface area contributed by atoms with Gasteiger partial charge in [0, 0.05) is 30.5 Å². The van der Waals surface area contributed by atoms with Gasteiger partial charge in [0.1, 0.15) is 5.75 Å². The zero-order chi connectivity index (χ0) is 13.7. The third-order valence-corrected chi connectivity index (χ3v) is 3.19. The number of ether oxygens (including phenoxy) is 1. The van der Waals surface area contributed by atoms with E-state index in [4.69, 9.17) is 4.74 Å². The highest BCUT2D eigenvalue weighted by molar-refractivity contribution is 5.39. The Morgan fingerprint density at radius 1 is 1.32 bits per heavy atom. The van der Waals surface area contributed by atoms with Crippen LogP contribution in [0.5, 0.6) is 5.75 Å². The molecule has 0 aliphatic carbocycles. The van der Waals surface area contributed by atoms with Gasteiger partial charge in [0.25, 0.3) is 0 Å². The number of aryl methyl sites for hydroxylation is 1. The highest BCUT2D eigenvalue weighted by Gasteiger charge is 2.10. The zero-order valence-corrected chi connectivity index (χ0v) is 11.7. The quantitative estimate of drug-likeness (QED) is 0.891. The number of nitrogens with one attached hydrogen (secondary N) is 1. The number of rotatable bonds is 5. The van der Waals surface area contributed by atoms with Crippen molar-refractivity contribution in [2.45, 2.75) is 26.4 Å². The Bertz CT molecular complexity index is 526. The van der Waals surface area contributed by atoms with E-state index in [-0.39, 0.29) is 6.04 Å². The molecule has 2 rings (SSSR count). The van der Waals surface area contributed by atoms with Crippen molar-refractivity contribution < 1.29 is 4.74 Å². The first-order chi connectivity index (χ1) is 9.20. The van der Waals surface area contributed by atoms with Gasteiger partial charge in [0.15, 0.2) is 0 Å². The van der Waals surface area contributed by atoms with Gasteiger partial charge in [-0.25, -0.2) is 0 Å². The summed E-state index contributed by atoms with van der Waals surface area (Å²) in [5.74, 6) is 0.936. The van der Waals surface area contributed by atoms with Crippen LogP contribution in [0.2, 0.25) is 0 Å². The van der Waals surface area contributed by atoms with Gasteiger partial charge < -0.3 is 10.1 Å². The monoisotopic (exact) mass is 256 g/mol. The van der Waals surface area contributed by atoms with Gasteiger partial charge in [-0.3, -0.25) is 4.98 Å². The molecule has 0 radical (unpaired) electrons. The highest BCUT2D eigenvalue weighted by Crippen LogP contribution is 2.26. The van der Waals surface area contributed by atoms with Crippen molar-refractivity contribution in [2.24, 2.45) is 0 Å². The number of methoxy groups -OCH3 is 1. The van der Waals surface area contributed by atoms with E-state index < -0.39 is 0 Å². The topological polar surface area (TPSA) is 34.1 Å². The van der Waals surface area contributed by atoms with Crippen LogP contribution in [0.4, 0.5) is 0 Å². The standard InChI is InChI=1S/C16H20N2O/c1-12-6-7-15(16(9-12)19-3)13(2)18-11-14-5-4-8-17-10-14/h4-10,13,18H,11H2,1-3H3. The van der Waals surface area contributed by atoms with Crippen LogP contribution in [0.1, 0.15) is 29.7 Å². The third-order valence-electron chi connectivity index (χ3n) is 3.19. The van der Waals surface area contributed by atoms with Crippen LogP contribution in [-0.2, 0) is 6.54 Å². The molecule has 1 heterocycles. The number of aromatic nitrogens is 1. The van der Waals surface area contributed by atoms with Crippen molar-refractivity contribution in [1.29, 1.82) is 0 Å². The van der Waals surface area contributed by atoms with Crippen molar-refractivity contribution in [2.75, 3.05) is 7.11 Å². The SMILES string of the molecule is COc1cc(C)ccc1C(C)NCc1cccnc1. The molecular weight excluding hydrogens is 236 g/mol. The molecule has 0 fully saturated rings. The first-order valence-corrected chi connectivity index (χ1v) is 6.47. The van der Waals surface area contributed by atoms with E-state index in [9.17, 15) is 0 Å². The van der Waals surface area contributed by atoms with Crippen LogP contribution in [0.15, 0.2) is 42.7 Å². The van der Waals surface area contributed by atoms with E-state index in [0.29, 0.717) is 0 Å². The largest absolute Gasteiger partial charge is 0.496 e. The van der Waals surface area contributed by atoms with Gasteiger partial charge in [-0.2, -0.15) is 0 Å². The number of hydrogen-bond acceptors (Lipinski definition) is 3. The van der Waals surface area contributed by atoms with Crippen LogP contribution in [0.3, 0.4) is 0 Å². The fourth-order valence-electron chi connectivity index (χ4n) is 2.06. The predicted octanol–water partition coefficient (Wildman–Crippen LogP) is 3.25. The van der Waals surface area contributed by atoms with Gasteiger partial charge in [-0.15, -0.1) is 0 Å². The Labute approximate surface area is 114 Å². The number of hydrogen-bond donors (Lipinski definition) is 1. The molecule has 0 bridgehead atoms. The normalized spacial score (nSPS) is 12.2. The van der Waals surface area contributed by atoms with E-state index in [2.05, 4.69) is 48.4 Å². The van der Waals surface area contributed by atoms with Gasteiger partial charge in [0.05, 0.1) is 7.11 Å². The second kappa shape index (κ2) is 6.34. The Kier molecular flexibility index (Phi) is 4.53. The van der Waals surface area contributed by atoms with Gasteiger partial charge in [0.2, 0.25) is 0 Å². The first-order valence-electron chi connectivity index (χ1n) is 6.47. The molecular formula is C16H20N2O. The molecule has 0 aliphatic heterocycles. The van der Waals surface area contributed by atoms with Crippen LogP contribution in [0.25, 0.3) is 0 Å². The van der Waals surface area contributed by atoms with Crippen molar-refractivity contribution in [3.05, 3.63) is 59.4 Å². The minimum atomic E-state index is 0.232. The first kappa shape index (κ1) is 13.6. The van der Waals surface area contributed by atoms with Crippen LogP contribution in [0, 0.1) is 6.92 Å². The molecule has 3 heteroatoms. The van der Waals surface area contributed by atoms with E-state index >= 15 is 0 Å². The van der Waals surface area contributed by atoms with Gasteiger partial charge >= 0.3 is 0 Å². The lowest BCUT2D eigenvalue weighted by Gasteiger charge is -2.17. The Hall–Kier alpha value is -1.87. The fraction of sp³-hybridized carbons (Fsp3) is 0.312. The highest BCUT2D eigenvalue weighted by atomic mass is 16.5. The Balaban J connectivity index is 2.05. The van der Waals surface area contributed by atoms with Crippen molar-refractivity contribution >= 4 is 0 Å². The smallest absolute Gasteiger partial charge is 0.123 e. The molecule has 0 saturated carbocycles. The summed E-state index contributed by atoms with van der Waals surface area (Å²) in [6.07, 6.45) is 3.67. The van der Waals surface area contributed by atoms with E-state index in [1.807, 2.05) is 12.3 Å². The summed E-state index contributed by atoms with van der Waals surface area (Å²) < 4.78 is 5.45. The number of benzene rings is 1. The molecule has 100 valence electrons. The zero-order valence-electron chi connectivity index (χ0n) is 11.7. The molecule has 1 atom stereocenters. The van der Waals surface area contributed by atoms with Gasteiger partial charge in [-0.1, -0.05) is 18.2 Å². The fourth-order valence-corrected chi connectivity index (χ4v) is 2.06. The molecule has 19 heavy (non-hydrogen) atoms. The van der Waals surface area contributed by atoms with Crippen LogP contribution < -0.4 is 10.1 Å². The summed E-state index contributed by atoms with van der Waals surface area (Å²) in [4.78, 5) is 4.12. The van der Waals surface area contributed by atoms with Crippen molar-refractivity contribution in [3.63, 3.8) is 0 Å². The predicted molar refractivity (Wildman–Crippen MR) is 77.2 cm³/mol. The molecule has 3 nitrogen and oxygen atoms in total. The average Bonchev–Trinajstić information content (AvgIpc) is 2.45. The van der Waals surface area contributed by atoms with E-state index in [0.717, 1.165) is 12.3 Å². The van der Waals surface area contributed by atoms with Crippen molar-refractivity contribution in [3.8, 4) is 5.75 Å². The Morgan fingerprint density at radius 2 is 2.16 bits per heavy atom. The summed E-state index contributed by atoms with van der Waals surface area (Å²) in [6.45, 7) is 5.01. The summed E-state index contributed by atoms with van der Waals surface area (Å²) in [5, 5.41) is 3.49. The van der Waals surface area contributed by atoms with E-state index in [1.54, 1.807) is 13.3 Å². The lowest BCUT2D eigenvalue weighted by atomic mass is 10.0. The van der Waals surface area contributed by atoms with Crippen LogP contribution in [-0.4, -0.2) is 12.1 Å². The van der Waals surface area contributed by atoms with Gasteiger partial charge in [-0.05, 0) is 37.1 Å². The second-order valence-corrected chi connectivity index (χ2v) is 4.71. The molecule has 1 aromatic carbocycles. The summed E-state index contributed by atoms with van der Waals surface area (Å²) in [7, 11) is 1.71. The number of pyridine rings is 1. The molecule has 2 aromatic rings. The number of nitrogens with zero attached hydrogens (tertiary/aromatic N) is 1. The average molecular weight is 256 g/mol. The van der Waals surface area contributed by atoms with E-state index in [1.165, 1.54) is 16.7 Å². The summed E-state index contributed by atoms with van der Waals surface area (Å²) in [5.41, 5.74) is 3.57. The maximum Gasteiger partial charge on any atom is 0.123 e.